The van der Waals surface area contributed by atoms with Crippen molar-refractivity contribution in [2.24, 2.45) is 0 Å². The predicted molar refractivity (Wildman–Crippen MR) is 147 cm³/mol. The molecule has 0 aliphatic heterocycles. The Hall–Kier alpha value is -3.10. The van der Waals surface area contributed by atoms with Crippen LogP contribution < -0.4 is 61.9 Å². The SMILES string of the molecule is COc1n[nH]c(-c2cc(C#N)c(C)cc2C2CCC2)n1.Cc1cc(C2CCC2)c(-c2nnc(N)o2)cc1C#N.[K+].[OH-]. The number of benzene rings is 2. The van der Waals surface area contributed by atoms with Gasteiger partial charge in [0, 0.05) is 11.1 Å². The second-order valence-electron chi connectivity index (χ2n) is 10.1. The Labute approximate surface area is 281 Å². The van der Waals surface area contributed by atoms with Gasteiger partial charge in [-0.15, -0.1) is 10.2 Å². The number of rotatable bonds is 5. The molecule has 0 radical (unpaired) electrons. The van der Waals surface area contributed by atoms with Crippen LogP contribution in [0.3, 0.4) is 0 Å². The van der Waals surface area contributed by atoms with Crippen molar-refractivity contribution < 1.29 is 66.0 Å². The smallest absolute Gasteiger partial charge is 0.870 e. The average Bonchev–Trinajstić information content (AvgIpc) is 3.52. The minimum atomic E-state index is 0. The zero-order valence-corrected chi connectivity index (χ0v) is 26.9. The van der Waals surface area contributed by atoms with E-state index in [-0.39, 0.29) is 62.9 Å². The third-order valence-corrected chi connectivity index (χ3v) is 7.70. The zero-order chi connectivity index (χ0) is 27.5. The van der Waals surface area contributed by atoms with E-state index in [1.807, 2.05) is 26.0 Å². The molecule has 12 heteroatoms. The number of aryl methyl sites for hydroxylation is 2. The molecule has 0 saturated heterocycles. The summed E-state index contributed by atoms with van der Waals surface area (Å²) in [5.74, 6) is 2.15. The van der Waals surface area contributed by atoms with Crippen LogP contribution in [0.2, 0.25) is 0 Å². The molecule has 0 bridgehead atoms. The number of anilines is 1. The molecule has 0 amide bonds. The van der Waals surface area contributed by atoms with Gasteiger partial charge in [0.1, 0.15) is 0 Å². The topological polar surface area (TPSA) is 193 Å². The van der Waals surface area contributed by atoms with Crippen LogP contribution in [0.15, 0.2) is 28.7 Å². The molecule has 0 atom stereocenters. The van der Waals surface area contributed by atoms with Crippen LogP contribution >= 0.6 is 0 Å². The van der Waals surface area contributed by atoms with E-state index in [0.29, 0.717) is 40.7 Å². The van der Waals surface area contributed by atoms with Gasteiger partial charge >= 0.3 is 63.4 Å². The van der Waals surface area contributed by atoms with Crippen LogP contribution in [0.1, 0.15) is 83.7 Å². The molecule has 2 aromatic carbocycles. The van der Waals surface area contributed by atoms with Gasteiger partial charge in [-0.1, -0.05) is 30.1 Å². The number of nitrogens with one attached hydrogen (secondary N) is 1. The summed E-state index contributed by atoms with van der Waals surface area (Å²) in [4.78, 5) is 4.31. The van der Waals surface area contributed by atoms with Gasteiger partial charge in [-0.25, -0.2) is 0 Å². The van der Waals surface area contributed by atoms with Crippen molar-refractivity contribution in [2.75, 3.05) is 12.8 Å². The number of nitriles is 2. The molecule has 2 saturated carbocycles. The third kappa shape index (κ3) is 6.87. The number of nitrogens with zero attached hydrogens (tertiary/aromatic N) is 6. The molecule has 2 aliphatic carbocycles. The van der Waals surface area contributed by atoms with Gasteiger partial charge in [0.05, 0.1) is 30.4 Å². The molecule has 2 aliphatic rings. The summed E-state index contributed by atoms with van der Waals surface area (Å²) in [7, 11) is 1.54. The predicted octanol–water partition coefficient (Wildman–Crippen LogP) is 2.52. The van der Waals surface area contributed by atoms with Crippen LogP contribution in [-0.2, 0) is 0 Å². The number of aromatic amines is 1. The Morgan fingerprint density at radius 3 is 1.85 bits per heavy atom. The van der Waals surface area contributed by atoms with E-state index in [1.54, 1.807) is 0 Å². The Balaban J connectivity index is 0.000000215. The fraction of sp³-hybridized carbons (Fsp3) is 0.379. The average molecular weight is 579 g/mol. The number of hydrogen-bond acceptors (Lipinski definition) is 10. The number of ether oxygens (including phenoxy) is 1. The van der Waals surface area contributed by atoms with Gasteiger partial charge in [0.2, 0.25) is 5.89 Å². The normalized spacial score (nSPS) is 14.1. The molecule has 2 aromatic heterocycles. The number of nitrogen functional groups attached to an aromatic ring is 1. The van der Waals surface area contributed by atoms with E-state index in [1.165, 1.54) is 56.8 Å². The van der Waals surface area contributed by atoms with Crippen LogP contribution in [0, 0.1) is 36.5 Å². The van der Waals surface area contributed by atoms with Crippen molar-refractivity contribution in [1.29, 1.82) is 10.5 Å². The summed E-state index contributed by atoms with van der Waals surface area (Å²) in [6, 6.07) is 12.7. The second-order valence-corrected chi connectivity index (χ2v) is 10.1. The number of methoxy groups -OCH3 is 1. The van der Waals surface area contributed by atoms with Crippen molar-refractivity contribution in [3.8, 4) is 41.0 Å². The monoisotopic (exact) mass is 578 g/mol. The molecule has 0 spiro atoms. The van der Waals surface area contributed by atoms with Crippen LogP contribution in [0.5, 0.6) is 6.01 Å². The molecule has 2 fully saturated rings. The minimum Gasteiger partial charge on any atom is -0.870 e. The van der Waals surface area contributed by atoms with Crippen molar-refractivity contribution in [3.05, 3.63) is 57.6 Å². The Kier molecular flexibility index (Phi) is 11.2. The fourth-order valence-electron chi connectivity index (χ4n) is 5.01. The maximum atomic E-state index is 9.22. The molecule has 4 N–H and O–H groups in total. The largest absolute Gasteiger partial charge is 1.00 e. The van der Waals surface area contributed by atoms with Crippen molar-refractivity contribution in [3.63, 3.8) is 0 Å². The van der Waals surface area contributed by atoms with Crippen molar-refractivity contribution >= 4 is 6.01 Å². The fourth-order valence-corrected chi connectivity index (χ4v) is 5.01. The molecule has 6 rings (SSSR count). The first-order chi connectivity index (χ1) is 18.9. The Morgan fingerprint density at radius 2 is 1.44 bits per heavy atom. The molecule has 2 heterocycles. The zero-order valence-electron chi connectivity index (χ0n) is 23.7. The number of nitrogens with two attached hydrogens (primary N) is 1. The molecule has 11 nitrogen and oxygen atoms in total. The molecule has 0 unspecified atom stereocenters. The maximum Gasteiger partial charge on any atom is 1.00 e. The molecule has 4 aromatic rings. The first-order valence-electron chi connectivity index (χ1n) is 13.1. The van der Waals surface area contributed by atoms with Gasteiger partial charge in [0.15, 0.2) is 5.82 Å². The third-order valence-electron chi connectivity index (χ3n) is 7.70. The quantitative estimate of drug-likeness (QED) is 0.332. The second kappa shape index (κ2) is 14.2. The van der Waals surface area contributed by atoms with Crippen molar-refractivity contribution in [2.45, 2.75) is 64.2 Å². The number of aromatic nitrogens is 5. The van der Waals surface area contributed by atoms with Crippen LogP contribution in [-0.4, -0.2) is 38.0 Å². The first kappa shape index (κ1) is 32.4. The van der Waals surface area contributed by atoms with Gasteiger partial charge in [0.25, 0.3) is 0 Å². The van der Waals surface area contributed by atoms with E-state index in [2.05, 4.69) is 49.6 Å². The summed E-state index contributed by atoms with van der Waals surface area (Å²) in [5.41, 5.74) is 13.1. The molecule has 206 valence electrons. The molecular formula is C29H31KN8O3. The molecule has 41 heavy (non-hydrogen) atoms. The summed E-state index contributed by atoms with van der Waals surface area (Å²) >= 11 is 0. The first-order valence-corrected chi connectivity index (χ1v) is 13.1. The standard InChI is InChI=1S/C15H16N4O.C14H14N4O.K.H2O/c1-9-6-12(10-4-3-5-10)13(7-11(9)8-16)14-17-15(20-2)19-18-14;1-8-5-11(9-3-2-4-9)12(6-10(8)7-15)13-17-18-14(16)19-13;;/h6-7,10H,3-5H2,1-2H3,(H,17,18,19);5-6,9H,2-4H2,1H3,(H2,16,18);;1H2/q;;+1;/p-1. The Morgan fingerprint density at radius 1 is 0.902 bits per heavy atom. The van der Waals surface area contributed by atoms with Crippen molar-refractivity contribution in [1.82, 2.24) is 25.4 Å². The van der Waals surface area contributed by atoms with Gasteiger partial charge in [-0.3, -0.25) is 5.10 Å². The summed E-state index contributed by atoms with van der Waals surface area (Å²) in [6.45, 7) is 3.93. The van der Waals surface area contributed by atoms with Gasteiger partial charge < -0.3 is 20.4 Å². The molecular weight excluding hydrogens is 547 g/mol. The minimum absolute atomic E-state index is 0. The summed E-state index contributed by atoms with van der Waals surface area (Å²) < 4.78 is 10.3. The van der Waals surface area contributed by atoms with E-state index in [0.717, 1.165) is 22.3 Å². The Bertz CT molecular complexity index is 1590. The maximum absolute atomic E-state index is 9.22. The summed E-state index contributed by atoms with van der Waals surface area (Å²) in [6.07, 6.45) is 7.25. The van der Waals surface area contributed by atoms with E-state index in [9.17, 15) is 5.26 Å². The number of H-pyrrole nitrogens is 1. The van der Waals surface area contributed by atoms with Crippen LogP contribution in [0.4, 0.5) is 6.01 Å². The van der Waals surface area contributed by atoms with Gasteiger partial charge in [-0.05, 0) is 85.8 Å². The van der Waals surface area contributed by atoms with E-state index in [4.69, 9.17) is 20.1 Å². The summed E-state index contributed by atoms with van der Waals surface area (Å²) in [5, 5.41) is 32.9. The van der Waals surface area contributed by atoms with Gasteiger partial charge in [-0.2, -0.15) is 15.5 Å². The van der Waals surface area contributed by atoms with E-state index >= 15 is 0 Å². The number of hydrogen-bond donors (Lipinski definition) is 2. The van der Waals surface area contributed by atoms with Crippen LogP contribution in [0.25, 0.3) is 22.8 Å². The van der Waals surface area contributed by atoms with E-state index < -0.39 is 0 Å².